The second-order valence-corrected chi connectivity index (χ2v) is 5.53. The molecule has 1 aliphatic heterocycles. The van der Waals surface area contributed by atoms with Gasteiger partial charge in [-0.15, -0.1) is 0 Å². The molecular weight excluding hydrogens is 260 g/mol. The molecule has 2 fully saturated rings. The number of aromatic nitrogens is 3. The number of H-pyrrole nitrogens is 1. The normalized spacial score (nSPS) is 26.1. The molecule has 2 heterocycles. The smallest absolute Gasteiger partial charge is 0.248 e. The van der Waals surface area contributed by atoms with E-state index in [4.69, 9.17) is 9.47 Å². The van der Waals surface area contributed by atoms with Gasteiger partial charge < -0.3 is 14.4 Å². The number of likely N-dealkylation sites (tertiary alicyclic amines) is 1. The second-order valence-electron chi connectivity index (χ2n) is 5.53. The van der Waals surface area contributed by atoms with Crippen molar-refractivity contribution in [3.05, 3.63) is 11.9 Å². The summed E-state index contributed by atoms with van der Waals surface area (Å²) in [5.41, 5.74) is 0.839. The molecule has 0 radical (unpaired) electrons. The van der Waals surface area contributed by atoms with E-state index >= 15 is 0 Å². The number of aromatic amines is 1. The van der Waals surface area contributed by atoms with Crippen LogP contribution in [0.5, 0.6) is 0 Å². The molecule has 1 saturated heterocycles. The van der Waals surface area contributed by atoms with Gasteiger partial charge in [-0.1, -0.05) is 0 Å². The molecule has 0 bridgehead atoms. The molecule has 1 aromatic rings. The van der Waals surface area contributed by atoms with E-state index in [0.717, 1.165) is 5.69 Å². The third kappa shape index (κ3) is 2.99. The number of nitrogens with one attached hydrogen (secondary N) is 1. The number of hydrogen-bond donors (Lipinski definition) is 1. The van der Waals surface area contributed by atoms with E-state index in [-0.39, 0.29) is 24.5 Å². The maximum Gasteiger partial charge on any atom is 0.248 e. The van der Waals surface area contributed by atoms with Gasteiger partial charge in [0.05, 0.1) is 30.5 Å². The second kappa shape index (κ2) is 5.88. The lowest BCUT2D eigenvalue weighted by atomic mass is 10.0. The highest BCUT2D eigenvalue weighted by Gasteiger charge is 2.37. The van der Waals surface area contributed by atoms with Crippen molar-refractivity contribution in [3.8, 4) is 0 Å². The predicted octanol–water partition coefficient (Wildman–Crippen LogP) is 0.172. The first kappa shape index (κ1) is 13.5. The summed E-state index contributed by atoms with van der Waals surface area (Å²) >= 11 is 0. The average molecular weight is 280 g/mol. The first-order chi connectivity index (χ1) is 9.78. The Kier molecular flexibility index (Phi) is 3.98. The molecule has 1 aromatic heterocycles. The Bertz CT molecular complexity index is 446. The van der Waals surface area contributed by atoms with Crippen LogP contribution in [0.4, 0.5) is 0 Å². The van der Waals surface area contributed by atoms with Crippen molar-refractivity contribution in [2.75, 3.05) is 33.4 Å². The van der Waals surface area contributed by atoms with Crippen LogP contribution in [0, 0.1) is 5.92 Å². The molecule has 0 spiro atoms. The molecule has 1 saturated carbocycles. The Hall–Kier alpha value is -1.47. The number of nitrogens with zero attached hydrogens (tertiary/aromatic N) is 3. The number of amides is 1. The molecule has 0 aromatic carbocycles. The van der Waals surface area contributed by atoms with Gasteiger partial charge in [-0.2, -0.15) is 15.4 Å². The summed E-state index contributed by atoms with van der Waals surface area (Å²) in [7, 11) is 1.66. The predicted molar refractivity (Wildman–Crippen MR) is 70.0 cm³/mol. The first-order valence-corrected chi connectivity index (χ1v) is 7.02. The largest absolute Gasteiger partial charge is 0.379 e. The lowest BCUT2D eigenvalue weighted by Crippen LogP contribution is -2.33. The number of methoxy groups -OCH3 is 1. The van der Waals surface area contributed by atoms with Gasteiger partial charge in [-0.25, -0.2) is 0 Å². The number of carbonyl (C=O) groups excluding carboxylic acids is 1. The maximum absolute atomic E-state index is 12.1. The van der Waals surface area contributed by atoms with Crippen molar-refractivity contribution in [3.63, 3.8) is 0 Å². The maximum atomic E-state index is 12.1. The lowest BCUT2D eigenvalue weighted by Gasteiger charge is -2.15. The van der Waals surface area contributed by atoms with Gasteiger partial charge in [0.2, 0.25) is 5.91 Å². The topological polar surface area (TPSA) is 80.3 Å². The van der Waals surface area contributed by atoms with Gasteiger partial charge in [-0.3, -0.25) is 4.79 Å². The van der Waals surface area contributed by atoms with Gasteiger partial charge >= 0.3 is 0 Å². The molecule has 110 valence electrons. The Morgan fingerprint density at radius 1 is 1.50 bits per heavy atom. The molecule has 7 nitrogen and oxygen atoms in total. The van der Waals surface area contributed by atoms with Crippen LogP contribution in [0.15, 0.2) is 6.20 Å². The van der Waals surface area contributed by atoms with E-state index < -0.39 is 0 Å². The van der Waals surface area contributed by atoms with Crippen molar-refractivity contribution in [2.45, 2.75) is 24.9 Å². The number of rotatable bonds is 6. The Morgan fingerprint density at radius 2 is 2.35 bits per heavy atom. The van der Waals surface area contributed by atoms with E-state index in [0.29, 0.717) is 25.6 Å². The van der Waals surface area contributed by atoms with Crippen LogP contribution in [0.1, 0.15) is 24.5 Å². The van der Waals surface area contributed by atoms with Gasteiger partial charge in [0.15, 0.2) is 0 Å². The van der Waals surface area contributed by atoms with Gasteiger partial charge in [0.1, 0.15) is 6.61 Å². The van der Waals surface area contributed by atoms with Gasteiger partial charge in [0.25, 0.3) is 0 Å². The average Bonchev–Trinajstić information content (AvgIpc) is 2.96. The van der Waals surface area contributed by atoms with Crippen LogP contribution in [0.3, 0.4) is 0 Å². The Balaban J connectivity index is 1.53. The van der Waals surface area contributed by atoms with Crippen molar-refractivity contribution in [2.24, 2.45) is 5.92 Å². The highest BCUT2D eigenvalue weighted by atomic mass is 16.5. The quantitative estimate of drug-likeness (QED) is 0.803. The van der Waals surface area contributed by atoms with Crippen LogP contribution < -0.4 is 0 Å². The van der Waals surface area contributed by atoms with Crippen molar-refractivity contribution < 1.29 is 14.3 Å². The zero-order chi connectivity index (χ0) is 13.9. The lowest BCUT2D eigenvalue weighted by molar-refractivity contribution is -0.135. The Labute approximate surface area is 117 Å². The molecule has 20 heavy (non-hydrogen) atoms. The Morgan fingerprint density at radius 3 is 3.00 bits per heavy atom. The molecule has 3 rings (SSSR count). The zero-order valence-electron chi connectivity index (χ0n) is 11.6. The fourth-order valence-corrected chi connectivity index (χ4v) is 2.58. The van der Waals surface area contributed by atoms with Gasteiger partial charge in [0, 0.05) is 20.2 Å². The minimum atomic E-state index is -0.0347. The van der Waals surface area contributed by atoms with Crippen LogP contribution in [0.2, 0.25) is 0 Å². The molecule has 2 aliphatic rings. The summed E-state index contributed by atoms with van der Waals surface area (Å²) in [6.07, 6.45) is 4.12. The summed E-state index contributed by atoms with van der Waals surface area (Å²) in [6, 6.07) is 0. The van der Waals surface area contributed by atoms with Crippen LogP contribution in [-0.4, -0.2) is 65.7 Å². The molecule has 7 heteroatoms. The van der Waals surface area contributed by atoms with Crippen molar-refractivity contribution >= 4 is 5.91 Å². The van der Waals surface area contributed by atoms with E-state index in [1.54, 1.807) is 18.2 Å². The molecule has 2 atom stereocenters. The van der Waals surface area contributed by atoms with E-state index in [1.807, 2.05) is 0 Å². The fourth-order valence-electron chi connectivity index (χ4n) is 2.58. The minimum absolute atomic E-state index is 0.0266. The zero-order valence-corrected chi connectivity index (χ0v) is 11.6. The van der Waals surface area contributed by atoms with E-state index in [9.17, 15) is 4.79 Å². The number of hydrogen-bond acceptors (Lipinski definition) is 5. The van der Waals surface area contributed by atoms with Crippen molar-refractivity contribution in [1.82, 2.24) is 20.3 Å². The SMILES string of the molecule is CO[C@@H]1CN(C(=O)COCC2CC2)C[C@H]1c1cn[nH]n1. The first-order valence-electron chi connectivity index (χ1n) is 7.02. The highest BCUT2D eigenvalue weighted by Crippen LogP contribution is 2.29. The standard InChI is InChI=1S/C13H20N4O3/c1-19-12-6-17(5-10(12)11-4-14-16-15-11)13(18)8-20-7-9-2-3-9/h4,9-10,12H,2-3,5-8H2,1H3,(H,14,15,16)/t10-,12+/m0/s1. The van der Waals surface area contributed by atoms with Crippen LogP contribution >= 0.6 is 0 Å². The molecule has 1 amide bonds. The summed E-state index contributed by atoms with van der Waals surface area (Å²) in [4.78, 5) is 13.9. The van der Waals surface area contributed by atoms with Crippen molar-refractivity contribution in [1.29, 1.82) is 0 Å². The minimum Gasteiger partial charge on any atom is -0.379 e. The third-order valence-electron chi connectivity index (χ3n) is 4.01. The molecule has 1 N–H and O–H groups in total. The number of ether oxygens (including phenoxy) is 2. The summed E-state index contributed by atoms with van der Waals surface area (Å²) in [5.74, 6) is 0.779. The van der Waals surface area contributed by atoms with E-state index in [1.165, 1.54) is 12.8 Å². The van der Waals surface area contributed by atoms with Gasteiger partial charge in [-0.05, 0) is 18.8 Å². The van der Waals surface area contributed by atoms with Crippen LogP contribution in [-0.2, 0) is 14.3 Å². The monoisotopic (exact) mass is 280 g/mol. The molecule has 1 aliphatic carbocycles. The van der Waals surface area contributed by atoms with Crippen LogP contribution in [0.25, 0.3) is 0 Å². The molecular formula is C13H20N4O3. The summed E-state index contributed by atoms with van der Waals surface area (Å²) < 4.78 is 10.9. The summed E-state index contributed by atoms with van der Waals surface area (Å²) in [6.45, 7) is 2.06. The third-order valence-corrected chi connectivity index (χ3v) is 4.01. The van der Waals surface area contributed by atoms with E-state index in [2.05, 4.69) is 15.4 Å². The fraction of sp³-hybridized carbons (Fsp3) is 0.769. The highest BCUT2D eigenvalue weighted by molar-refractivity contribution is 5.78. The number of carbonyl (C=O) groups is 1. The molecule has 0 unspecified atom stereocenters. The summed E-state index contributed by atoms with van der Waals surface area (Å²) in [5, 5.41) is 10.5.